The number of hydrogen-bond donors (Lipinski definition) is 1. The molecule has 0 radical (unpaired) electrons. The van der Waals surface area contributed by atoms with Gasteiger partial charge in [0.15, 0.2) is 0 Å². The van der Waals surface area contributed by atoms with Crippen molar-refractivity contribution in [2.24, 2.45) is 0 Å². The summed E-state index contributed by atoms with van der Waals surface area (Å²) >= 11 is 0. The summed E-state index contributed by atoms with van der Waals surface area (Å²) in [5, 5.41) is 10.8. The molecule has 0 saturated carbocycles. The molecule has 3 aromatic heterocycles. The molecule has 0 fully saturated rings. The lowest BCUT2D eigenvalue weighted by Crippen LogP contribution is -2.24. The Hall–Kier alpha value is -3.62. The summed E-state index contributed by atoms with van der Waals surface area (Å²) in [6.07, 6.45) is 3.19. The molecule has 4 aromatic rings. The number of benzene rings is 1. The van der Waals surface area contributed by atoms with Crippen LogP contribution in [0.15, 0.2) is 35.4 Å². The summed E-state index contributed by atoms with van der Waals surface area (Å²) < 4.78 is 6.91. The quantitative estimate of drug-likeness (QED) is 0.555. The molecular formula is C21H23N7O2. The molecule has 0 spiro atoms. The van der Waals surface area contributed by atoms with E-state index >= 15 is 0 Å². The van der Waals surface area contributed by atoms with Crippen LogP contribution >= 0.6 is 0 Å². The first-order valence-corrected chi connectivity index (χ1v) is 9.61. The van der Waals surface area contributed by atoms with Crippen LogP contribution in [0.25, 0.3) is 16.8 Å². The summed E-state index contributed by atoms with van der Waals surface area (Å²) in [6, 6.07) is 6.00. The van der Waals surface area contributed by atoms with Gasteiger partial charge in [-0.25, -0.2) is 14.5 Å². The highest BCUT2D eigenvalue weighted by atomic mass is 16.5. The van der Waals surface area contributed by atoms with Crippen LogP contribution in [0.5, 0.6) is 0 Å². The van der Waals surface area contributed by atoms with E-state index in [1.54, 1.807) is 10.8 Å². The first kappa shape index (κ1) is 19.7. The number of fused-ring (bicyclic) bond motifs is 1. The van der Waals surface area contributed by atoms with Gasteiger partial charge in [-0.1, -0.05) is 38.1 Å². The van der Waals surface area contributed by atoms with Crippen molar-refractivity contribution in [1.82, 2.24) is 35.0 Å². The maximum Gasteiger partial charge on any atom is 0.292 e. The summed E-state index contributed by atoms with van der Waals surface area (Å²) in [4.78, 5) is 25.3. The maximum absolute atomic E-state index is 12.4. The van der Waals surface area contributed by atoms with E-state index in [1.807, 2.05) is 52.8 Å². The van der Waals surface area contributed by atoms with Crippen molar-refractivity contribution in [3.8, 4) is 11.3 Å². The molecule has 3 heterocycles. The summed E-state index contributed by atoms with van der Waals surface area (Å²) in [5.74, 6) is 0.0958. The van der Waals surface area contributed by atoms with Gasteiger partial charge in [0.05, 0.1) is 11.4 Å². The molecule has 4 rings (SSSR count). The number of hydrogen-bond acceptors (Lipinski definition) is 7. The maximum atomic E-state index is 12.4. The number of nitrogens with one attached hydrogen (secondary N) is 1. The zero-order valence-electron chi connectivity index (χ0n) is 17.6. The minimum Gasteiger partial charge on any atom is -0.345 e. The molecule has 0 aliphatic rings. The molecule has 9 nitrogen and oxygen atoms in total. The molecule has 1 aromatic carbocycles. The lowest BCUT2D eigenvalue weighted by molar-refractivity contribution is 0.0937. The fourth-order valence-electron chi connectivity index (χ4n) is 3.12. The average molecular weight is 405 g/mol. The van der Waals surface area contributed by atoms with Gasteiger partial charge in [0.25, 0.3) is 11.7 Å². The Kier molecular flexibility index (Phi) is 4.81. The highest BCUT2D eigenvalue weighted by Gasteiger charge is 2.24. The van der Waals surface area contributed by atoms with Gasteiger partial charge in [-0.2, -0.15) is 10.1 Å². The molecule has 0 bridgehead atoms. The van der Waals surface area contributed by atoms with Gasteiger partial charge in [0, 0.05) is 17.5 Å². The number of aryl methyl sites for hydroxylation is 2. The van der Waals surface area contributed by atoms with Crippen LogP contribution in [0.4, 0.5) is 0 Å². The van der Waals surface area contributed by atoms with E-state index in [1.165, 1.54) is 6.33 Å². The Morgan fingerprint density at radius 1 is 1.20 bits per heavy atom. The summed E-state index contributed by atoms with van der Waals surface area (Å²) in [7, 11) is 0. The number of amides is 1. The molecule has 154 valence electrons. The van der Waals surface area contributed by atoms with Crippen molar-refractivity contribution < 1.29 is 9.32 Å². The van der Waals surface area contributed by atoms with Gasteiger partial charge in [-0.05, 0) is 31.0 Å². The molecule has 0 aliphatic heterocycles. The largest absolute Gasteiger partial charge is 0.345 e. The van der Waals surface area contributed by atoms with Crippen LogP contribution in [0.1, 0.15) is 54.1 Å². The number of carbonyl (C=O) groups excluding carboxylic acids is 1. The monoisotopic (exact) mass is 405 g/mol. The van der Waals surface area contributed by atoms with E-state index in [2.05, 4.69) is 30.5 Å². The first-order chi connectivity index (χ1) is 14.2. The molecule has 9 heteroatoms. The lowest BCUT2D eigenvalue weighted by Gasteiger charge is -2.10. The highest BCUT2D eigenvalue weighted by Crippen LogP contribution is 2.25. The van der Waals surface area contributed by atoms with Crippen molar-refractivity contribution in [1.29, 1.82) is 0 Å². The van der Waals surface area contributed by atoms with E-state index in [0.717, 1.165) is 33.6 Å². The van der Waals surface area contributed by atoms with Crippen molar-refractivity contribution in [3.63, 3.8) is 0 Å². The van der Waals surface area contributed by atoms with E-state index in [-0.39, 0.29) is 17.1 Å². The second-order valence-corrected chi connectivity index (χ2v) is 8.23. The van der Waals surface area contributed by atoms with Crippen LogP contribution in [0.3, 0.4) is 0 Å². The number of aromatic nitrogens is 6. The van der Waals surface area contributed by atoms with Crippen molar-refractivity contribution in [2.45, 2.75) is 46.6 Å². The summed E-state index contributed by atoms with van der Waals surface area (Å²) in [5.41, 5.74) is 5.25. The highest BCUT2D eigenvalue weighted by molar-refractivity contribution is 5.90. The Bertz CT molecular complexity index is 1230. The SMILES string of the molecule is Cc1cc(-c2ncnn3cnc(C)c23)ccc1CNC(=O)c1noc(C(C)(C)C)n1. The summed E-state index contributed by atoms with van der Waals surface area (Å²) in [6.45, 7) is 10.1. The smallest absolute Gasteiger partial charge is 0.292 e. The van der Waals surface area contributed by atoms with Crippen LogP contribution in [-0.2, 0) is 12.0 Å². The van der Waals surface area contributed by atoms with Gasteiger partial charge in [0.1, 0.15) is 18.2 Å². The second-order valence-electron chi connectivity index (χ2n) is 8.23. The van der Waals surface area contributed by atoms with Gasteiger partial charge < -0.3 is 9.84 Å². The normalized spacial score (nSPS) is 11.8. The molecule has 1 amide bonds. The van der Waals surface area contributed by atoms with Crippen LogP contribution in [0, 0.1) is 13.8 Å². The third-order valence-corrected chi connectivity index (χ3v) is 4.85. The molecule has 0 aliphatic carbocycles. The molecule has 1 N–H and O–H groups in total. The minimum absolute atomic E-state index is 0.0359. The van der Waals surface area contributed by atoms with E-state index in [9.17, 15) is 4.79 Å². The second kappa shape index (κ2) is 7.33. The topological polar surface area (TPSA) is 111 Å². The van der Waals surface area contributed by atoms with E-state index < -0.39 is 0 Å². The zero-order valence-corrected chi connectivity index (χ0v) is 17.6. The average Bonchev–Trinajstić information content (AvgIpc) is 3.34. The van der Waals surface area contributed by atoms with Gasteiger partial charge in [-0.3, -0.25) is 4.79 Å². The number of nitrogens with zero attached hydrogens (tertiary/aromatic N) is 6. The van der Waals surface area contributed by atoms with Crippen molar-refractivity contribution in [2.75, 3.05) is 0 Å². The first-order valence-electron chi connectivity index (χ1n) is 9.61. The van der Waals surface area contributed by atoms with Gasteiger partial charge >= 0.3 is 0 Å². The Balaban J connectivity index is 1.52. The third-order valence-electron chi connectivity index (χ3n) is 4.85. The van der Waals surface area contributed by atoms with E-state index in [4.69, 9.17) is 4.52 Å². The standard InChI is InChI=1S/C21H23N7O2/c1-12-8-14(16-17-13(2)24-11-28(17)25-10-23-16)6-7-15(12)9-22-19(29)18-26-20(30-27-18)21(3,4)5/h6-8,10-11H,9H2,1-5H3,(H,22,29). The predicted molar refractivity (Wildman–Crippen MR) is 110 cm³/mol. The Morgan fingerprint density at radius 2 is 2.00 bits per heavy atom. The third kappa shape index (κ3) is 3.66. The predicted octanol–water partition coefficient (Wildman–Crippen LogP) is 3.02. The minimum atomic E-state index is -0.370. The fraction of sp³-hybridized carbons (Fsp3) is 0.333. The molecule has 0 unspecified atom stereocenters. The lowest BCUT2D eigenvalue weighted by atomic mass is 9.97. The molecular weight excluding hydrogens is 382 g/mol. The van der Waals surface area contributed by atoms with Crippen LogP contribution < -0.4 is 5.32 Å². The molecule has 30 heavy (non-hydrogen) atoms. The van der Waals surface area contributed by atoms with Crippen LogP contribution in [0.2, 0.25) is 0 Å². The number of imidazole rings is 1. The Labute approximate surface area is 173 Å². The molecule has 0 saturated heterocycles. The Morgan fingerprint density at radius 3 is 2.70 bits per heavy atom. The van der Waals surface area contributed by atoms with E-state index in [0.29, 0.717) is 12.4 Å². The molecule has 0 atom stereocenters. The number of carbonyl (C=O) groups is 1. The van der Waals surface area contributed by atoms with Crippen LogP contribution in [-0.4, -0.2) is 35.6 Å². The zero-order chi connectivity index (χ0) is 21.5. The number of rotatable bonds is 4. The van der Waals surface area contributed by atoms with Gasteiger partial charge in [-0.15, -0.1) is 0 Å². The van der Waals surface area contributed by atoms with Crippen molar-refractivity contribution >= 4 is 11.4 Å². The van der Waals surface area contributed by atoms with Gasteiger partial charge in [0.2, 0.25) is 5.89 Å². The fourth-order valence-corrected chi connectivity index (χ4v) is 3.12. The van der Waals surface area contributed by atoms with Crippen molar-refractivity contribution in [3.05, 3.63) is 59.4 Å².